The third-order valence-electron chi connectivity index (χ3n) is 5.56. The first kappa shape index (κ1) is 20.5. The van der Waals surface area contributed by atoms with E-state index >= 15 is 0 Å². The highest BCUT2D eigenvalue weighted by Gasteiger charge is 2.21. The van der Waals surface area contributed by atoms with Gasteiger partial charge >= 0.3 is 0 Å². The van der Waals surface area contributed by atoms with Crippen LogP contribution in [0.4, 0.5) is 17.6 Å². The van der Waals surface area contributed by atoms with Gasteiger partial charge in [-0.25, -0.2) is 15.0 Å². The highest BCUT2D eigenvalue weighted by atomic mass is 16.5. The van der Waals surface area contributed by atoms with Crippen LogP contribution in [-0.4, -0.2) is 64.5 Å². The number of anilines is 3. The highest BCUT2D eigenvalue weighted by molar-refractivity contribution is 5.79. The Kier molecular flexibility index (Phi) is 6.10. The van der Waals surface area contributed by atoms with Gasteiger partial charge in [-0.2, -0.15) is 4.98 Å². The summed E-state index contributed by atoms with van der Waals surface area (Å²) in [6.45, 7) is 6.52. The van der Waals surface area contributed by atoms with Crippen LogP contribution in [0, 0.1) is 6.92 Å². The van der Waals surface area contributed by atoms with Gasteiger partial charge in [0.1, 0.15) is 23.0 Å². The molecule has 3 aromatic rings. The van der Waals surface area contributed by atoms with E-state index in [0.29, 0.717) is 18.5 Å². The lowest BCUT2D eigenvalue weighted by atomic mass is 10.1. The van der Waals surface area contributed by atoms with Crippen LogP contribution in [-0.2, 0) is 9.47 Å². The van der Waals surface area contributed by atoms with Gasteiger partial charge < -0.3 is 24.3 Å². The van der Waals surface area contributed by atoms with Crippen molar-refractivity contribution in [1.82, 2.24) is 24.5 Å². The van der Waals surface area contributed by atoms with Gasteiger partial charge in [0.2, 0.25) is 5.95 Å². The Hall–Kier alpha value is -2.78. The number of fused-ring (bicyclic) bond motifs is 1. The second-order valence-electron chi connectivity index (χ2n) is 7.68. The molecule has 1 atom stereocenters. The molecule has 1 fully saturated rings. The predicted molar refractivity (Wildman–Crippen MR) is 116 cm³/mol. The van der Waals surface area contributed by atoms with Gasteiger partial charge in [-0.1, -0.05) is 0 Å². The van der Waals surface area contributed by atoms with E-state index < -0.39 is 0 Å². The van der Waals surface area contributed by atoms with Gasteiger partial charge in [-0.05, 0) is 32.8 Å². The number of aromatic nitrogens is 5. The smallest absolute Gasteiger partial charge is 0.227 e. The summed E-state index contributed by atoms with van der Waals surface area (Å²) in [5.41, 5.74) is 1.89. The topological polar surface area (TPSA) is 90.2 Å². The molecule has 30 heavy (non-hydrogen) atoms. The quantitative estimate of drug-likeness (QED) is 0.634. The number of nitrogens with zero attached hydrogens (tertiary/aromatic N) is 6. The van der Waals surface area contributed by atoms with Crippen molar-refractivity contribution >= 4 is 28.6 Å². The molecule has 0 radical (unpaired) electrons. The first-order valence-corrected chi connectivity index (χ1v) is 10.3. The summed E-state index contributed by atoms with van der Waals surface area (Å²) in [6, 6.07) is 4.04. The molecule has 1 aliphatic heterocycles. The van der Waals surface area contributed by atoms with Crippen LogP contribution in [0.3, 0.4) is 0 Å². The molecular weight excluding hydrogens is 382 g/mol. The lowest BCUT2D eigenvalue weighted by molar-refractivity contribution is 0.0816. The summed E-state index contributed by atoms with van der Waals surface area (Å²) in [6.07, 6.45) is 5.86. The second kappa shape index (κ2) is 8.93. The Labute approximate surface area is 176 Å². The summed E-state index contributed by atoms with van der Waals surface area (Å²) >= 11 is 0. The fourth-order valence-corrected chi connectivity index (χ4v) is 4.05. The molecule has 4 rings (SSSR count). The standard InChI is InChI=1S/C21H29N7O2/c1-14(13-29-3)28-15(2)24-17-12-23-20(11-18(17)28)25-19-5-8-22-21(26-19)27-9-6-16(30-4)7-10-27/h5,8,11-12,14,16H,6-7,9-10,13H2,1-4H3,(H,22,23,25,26). The van der Waals surface area contributed by atoms with E-state index in [1.807, 2.05) is 19.1 Å². The molecule has 4 heterocycles. The molecule has 1 saturated heterocycles. The van der Waals surface area contributed by atoms with Gasteiger partial charge in [0, 0.05) is 39.6 Å². The molecule has 0 spiro atoms. The Bertz CT molecular complexity index is 998. The van der Waals surface area contributed by atoms with Gasteiger partial charge in [-0.15, -0.1) is 0 Å². The molecule has 9 heteroatoms. The number of pyridine rings is 1. The third-order valence-corrected chi connectivity index (χ3v) is 5.56. The van der Waals surface area contributed by atoms with E-state index in [9.17, 15) is 0 Å². The summed E-state index contributed by atoms with van der Waals surface area (Å²) < 4.78 is 13.0. The zero-order chi connectivity index (χ0) is 21.1. The first-order chi connectivity index (χ1) is 14.6. The minimum Gasteiger partial charge on any atom is -0.383 e. The predicted octanol–water partition coefficient (Wildman–Crippen LogP) is 3.10. The van der Waals surface area contributed by atoms with Crippen molar-refractivity contribution in [2.45, 2.75) is 38.8 Å². The van der Waals surface area contributed by atoms with Crippen molar-refractivity contribution in [3.05, 3.63) is 30.4 Å². The summed E-state index contributed by atoms with van der Waals surface area (Å²) in [4.78, 5) is 20.5. The van der Waals surface area contributed by atoms with Crippen LogP contribution >= 0.6 is 0 Å². The number of methoxy groups -OCH3 is 2. The summed E-state index contributed by atoms with van der Waals surface area (Å²) in [7, 11) is 3.48. The molecule has 0 aliphatic carbocycles. The van der Waals surface area contributed by atoms with Crippen LogP contribution in [0.25, 0.3) is 11.0 Å². The molecule has 0 saturated carbocycles. The monoisotopic (exact) mass is 411 g/mol. The Morgan fingerprint density at radius 1 is 1.17 bits per heavy atom. The zero-order valence-electron chi connectivity index (χ0n) is 18.0. The molecule has 9 nitrogen and oxygen atoms in total. The van der Waals surface area contributed by atoms with Crippen molar-refractivity contribution in [2.75, 3.05) is 44.1 Å². The Morgan fingerprint density at radius 2 is 1.97 bits per heavy atom. The van der Waals surface area contributed by atoms with Crippen molar-refractivity contribution in [3.8, 4) is 0 Å². The number of hydrogen-bond acceptors (Lipinski definition) is 8. The number of hydrogen-bond donors (Lipinski definition) is 1. The SMILES string of the molecule is COCC(C)n1c(C)nc2cnc(Nc3ccnc(N4CCC(OC)CC4)n3)cc21. The van der Waals surface area contributed by atoms with Crippen LogP contribution in [0.5, 0.6) is 0 Å². The number of rotatable bonds is 7. The molecule has 160 valence electrons. The summed E-state index contributed by atoms with van der Waals surface area (Å²) in [5.74, 6) is 3.10. The van der Waals surface area contributed by atoms with Crippen LogP contribution in [0.15, 0.2) is 24.5 Å². The normalized spacial score (nSPS) is 16.2. The fourth-order valence-electron chi connectivity index (χ4n) is 4.05. The van der Waals surface area contributed by atoms with E-state index in [2.05, 4.69) is 36.7 Å². The number of piperidine rings is 1. The minimum atomic E-state index is 0.177. The highest BCUT2D eigenvalue weighted by Crippen LogP contribution is 2.25. The minimum absolute atomic E-state index is 0.177. The van der Waals surface area contributed by atoms with E-state index in [0.717, 1.165) is 54.6 Å². The average molecular weight is 412 g/mol. The van der Waals surface area contributed by atoms with Crippen molar-refractivity contribution < 1.29 is 9.47 Å². The maximum absolute atomic E-state index is 5.45. The number of ether oxygens (including phenoxy) is 2. The van der Waals surface area contributed by atoms with Gasteiger partial charge in [0.25, 0.3) is 0 Å². The Morgan fingerprint density at radius 3 is 2.70 bits per heavy atom. The van der Waals surface area contributed by atoms with Crippen molar-refractivity contribution in [1.29, 1.82) is 0 Å². The lowest BCUT2D eigenvalue weighted by Crippen LogP contribution is -2.37. The second-order valence-corrected chi connectivity index (χ2v) is 7.68. The van der Waals surface area contributed by atoms with E-state index in [4.69, 9.17) is 14.5 Å². The Balaban J connectivity index is 1.55. The zero-order valence-corrected chi connectivity index (χ0v) is 18.0. The number of imidazole rings is 1. The molecule has 0 amide bonds. The average Bonchev–Trinajstić information content (AvgIpc) is 3.09. The molecule has 0 aromatic carbocycles. The maximum Gasteiger partial charge on any atom is 0.227 e. The van der Waals surface area contributed by atoms with Gasteiger partial charge in [-0.3, -0.25) is 0 Å². The van der Waals surface area contributed by atoms with Gasteiger partial charge in [0.15, 0.2) is 0 Å². The molecule has 1 N–H and O–H groups in total. The van der Waals surface area contributed by atoms with Gasteiger partial charge in [0.05, 0.1) is 30.5 Å². The number of nitrogens with one attached hydrogen (secondary N) is 1. The fraction of sp³-hybridized carbons (Fsp3) is 0.524. The van der Waals surface area contributed by atoms with Crippen LogP contribution < -0.4 is 10.2 Å². The molecule has 0 bridgehead atoms. The first-order valence-electron chi connectivity index (χ1n) is 10.3. The largest absolute Gasteiger partial charge is 0.383 e. The molecule has 1 unspecified atom stereocenters. The lowest BCUT2D eigenvalue weighted by Gasteiger charge is -2.31. The van der Waals surface area contributed by atoms with Crippen LogP contribution in [0.1, 0.15) is 31.6 Å². The van der Waals surface area contributed by atoms with Crippen molar-refractivity contribution in [2.24, 2.45) is 0 Å². The van der Waals surface area contributed by atoms with E-state index in [1.54, 1.807) is 26.6 Å². The summed E-state index contributed by atoms with van der Waals surface area (Å²) in [5, 5.41) is 3.32. The number of aryl methyl sites for hydroxylation is 1. The maximum atomic E-state index is 5.45. The molecular formula is C21H29N7O2. The molecule has 3 aromatic heterocycles. The molecule has 1 aliphatic rings. The van der Waals surface area contributed by atoms with E-state index in [-0.39, 0.29) is 6.04 Å². The third kappa shape index (κ3) is 4.22. The van der Waals surface area contributed by atoms with Crippen LogP contribution in [0.2, 0.25) is 0 Å². The van der Waals surface area contributed by atoms with Crippen molar-refractivity contribution in [3.63, 3.8) is 0 Å². The van der Waals surface area contributed by atoms with E-state index in [1.165, 1.54) is 0 Å².